The molecule has 21 heavy (non-hydrogen) atoms. The third-order valence-corrected chi connectivity index (χ3v) is 4.41. The predicted octanol–water partition coefficient (Wildman–Crippen LogP) is 4.17. The first-order valence-corrected chi connectivity index (χ1v) is 7.68. The van der Waals surface area contributed by atoms with E-state index in [0.717, 1.165) is 12.8 Å². The van der Waals surface area contributed by atoms with E-state index in [1.807, 2.05) is 0 Å². The molecule has 2 unspecified atom stereocenters. The molecule has 1 heteroatoms. The average molecular weight is 273 g/mol. The second-order valence-corrected chi connectivity index (χ2v) is 5.83. The van der Waals surface area contributed by atoms with Crippen molar-refractivity contribution < 1.29 is 0 Å². The highest BCUT2D eigenvalue weighted by atomic mass is 14.9. The van der Waals surface area contributed by atoms with Crippen LogP contribution < -0.4 is 5.32 Å². The second kappa shape index (κ2) is 5.25. The fraction of sp³-hybridized carbons (Fsp3) is 0.200. The summed E-state index contributed by atoms with van der Waals surface area (Å²) in [7, 11) is 0. The van der Waals surface area contributed by atoms with E-state index >= 15 is 0 Å². The van der Waals surface area contributed by atoms with E-state index in [4.69, 9.17) is 0 Å². The SMILES string of the molecule is C1=CC2C=CCC=C2C(NC2C=Cc3ccccc3C2)=C1. The first-order chi connectivity index (χ1) is 10.4. The van der Waals surface area contributed by atoms with Gasteiger partial charge >= 0.3 is 0 Å². The minimum absolute atomic E-state index is 0.380. The average Bonchev–Trinajstić information content (AvgIpc) is 2.55. The van der Waals surface area contributed by atoms with E-state index < -0.39 is 0 Å². The minimum atomic E-state index is 0.380. The third kappa shape index (κ3) is 2.40. The molecule has 1 aromatic rings. The molecule has 0 heterocycles. The van der Waals surface area contributed by atoms with Crippen LogP contribution in [0.4, 0.5) is 0 Å². The van der Waals surface area contributed by atoms with Crippen LogP contribution >= 0.6 is 0 Å². The summed E-state index contributed by atoms with van der Waals surface area (Å²) in [4.78, 5) is 0. The molecule has 0 spiro atoms. The van der Waals surface area contributed by atoms with Gasteiger partial charge in [-0.3, -0.25) is 0 Å². The highest BCUT2D eigenvalue weighted by Gasteiger charge is 2.20. The minimum Gasteiger partial charge on any atom is -0.378 e. The van der Waals surface area contributed by atoms with Gasteiger partial charge in [0.15, 0.2) is 0 Å². The molecular weight excluding hydrogens is 254 g/mol. The Labute approximate surface area is 126 Å². The normalized spacial score (nSPS) is 25.7. The zero-order valence-electron chi connectivity index (χ0n) is 12.0. The summed E-state index contributed by atoms with van der Waals surface area (Å²) in [6.07, 6.45) is 20.1. The van der Waals surface area contributed by atoms with Crippen LogP contribution in [0.25, 0.3) is 6.08 Å². The van der Waals surface area contributed by atoms with Gasteiger partial charge in [0, 0.05) is 17.7 Å². The van der Waals surface area contributed by atoms with Gasteiger partial charge in [0.1, 0.15) is 0 Å². The quantitative estimate of drug-likeness (QED) is 0.797. The van der Waals surface area contributed by atoms with Crippen LogP contribution in [0.3, 0.4) is 0 Å². The summed E-state index contributed by atoms with van der Waals surface area (Å²) in [6.45, 7) is 0. The van der Waals surface area contributed by atoms with Gasteiger partial charge in [-0.1, -0.05) is 66.8 Å². The molecule has 1 N–H and O–H groups in total. The molecule has 0 aromatic heterocycles. The molecule has 4 rings (SSSR count). The van der Waals surface area contributed by atoms with Crippen LogP contribution in [0, 0.1) is 5.92 Å². The lowest BCUT2D eigenvalue weighted by molar-refractivity contribution is 0.653. The molecule has 1 nitrogen and oxygen atoms in total. The predicted molar refractivity (Wildman–Crippen MR) is 88.7 cm³/mol. The van der Waals surface area contributed by atoms with E-state index in [-0.39, 0.29) is 0 Å². The van der Waals surface area contributed by atoms with Gasteiger partial charge in [0.05, 0.1) is 0 Å². The lowest BCUT2D eigenvalue weighted by atomic mass is 9.86. The summed E-state index contributed by atoms with van der Waals surface area (Å²) in [5, 5.41) is 3.72. The Morgan fingerprint density at radius 1 is 1.05 bits per heavy atom. The molecule has 3 aliphatic rings. The number of nitrogens with one attached hydrogen (secondary N) is 1. The molecule has 3 aliphatic carbocycles. The van der Waals surface area contributed by atoms with Crippen LogP contribution in [-0.2, 0) is 6.42 Å². The van der Waals surface area contributed by atoms with Crippen LogP contribution in [0.2, 0.25) is 0 Å². The van der Waals surface area contributed by atoms with Crippen molar-refractivity contribution in [3.05, 3.63) is 89.2 Å². The maximum absolute atomic E-state index is 3.72. The van der Waals surface area contributed by atoms with Crippen LogP contribution in [0.15, 0.2) is 78.1 Å². The molecule has 104 valence electrons. The Morgan fingerprint density at radius 3 is 3.00 bits per heavy atom. The summed E-state index contributed by atoms with van der Waals surface area (Å²) in [5.74, 6) is 0.450. The third-order valence-electron chi connectivity index (χ3n) is 4.41. The topological polar surface area (TPSA) is 12.0 Å². The summed E-state index contributed by atoms with van der Waals surface area (Å²) < 4.78 is 0. The van der Waals surface area contributed by atoms with E-state index in [0.29, 0.717) is 12.0 Å². The first kappa shape index (κ1) is 12.5. The van der Waals surface area contributed by atoms with Crippen LogP contribution in [0.5, 0.6) is 0 Å². The highest BCUT2D eigenvalue weighted by molar-refractivity contribution is 5.58. The second-order valence-electron chi connectivity index (χ2n) is 5.83. The van der Waals surface area contributed by atoms with Crippen molar-refractivity contribution in [3.63, 3.8) is 0 Å². The molecule has 0 saturated heterocycles. The number of hydrogen-bond acceptors (Lipinski definition) is 1. The van der Waals surface area contributed by atoms with Gasteiger partial charge in [-0.05, 0) is 35.6 Å². The smallest absolute Gasteiger partial charge is 0.0488 e. The Bertz CT molecular complexity index is 700. The van der Waals surface area contributed by atoms with Gasteiger partial charge in [0.25, 0.3) is 0 Å². The Balaban J connectivity index is 1.54. The summed E-state index contributed by atoms with van der Waals surface area (Å²) in [6, 6.07) is 9.03. The lowest BCUT2D eigenvalue weighted by Gasteiger charge is -2.28. The van der Waals surface area contributed by atoms with Gasteiger partial charge < -0.3 is 5.32 Å². The number of fused-ring (bicyclic) bond motifs is 2. The fourth-order valence-electron chi connectivity index (χ4n) is 3.32. The van der Waals surface area contributed by atoms with Crippen LogP contribution in [0.1, 0.15) is 17.5 Å². The van der Waals surface area contributed by atoms with Crippen molar-refractivity contribution >= 4 is 6.08 Å². The molecule has 0 amide bonds. The maximum atomic E-state index is 3.72. The Morgan fingerprint density at radius 2 is 2.00 bits per heavy atom. The summed E-state index contributed by atoms with van der Waals surface area (Å²) in [5.41, 5.74) is 5.48. The Kier molecular flexibility index (Phi) is 3.11. The Hall–Kier alpha value is -2.28. The first-order valence-electron chi connectivity index (χ1n) is 7.68. The number of hydrogen-bond donors (Lipinski definition) is 1. The zero-order chi connectivity index (χ0) is 14.1. The van der Waals surface area contributed by atoms with E-state index in [9.17, 15) is 0 Å². The van der Waals surface area contributed by atoms with E-state index in [1.165, 1.54) is 22.4 Å². The van der Waals surface area contributed by atoms with Crippen molar-refractivity contribution in [3.8, 4) is 0 Å². The van der Waals surface area contributed by atoms with Gasteiger partial charge in [0.2, 0.25) is 0 Å². The fourth-order valence-corrected chi connectivity index (χ4v) is 3.32. The monoisotopic (exact) mass is 273 g/mol. The molecule has 2 atom stereocenters. The zero-order valence-corrected chi connectivity index (χ0v) is 12.0. The van der Waals surface area contributed by atoms with Gasteiger partial charge in [-0.2, -0.15) is 0 Å². The number of rotatable bonds is 2. The van der Waals surface area contributed by atoms with Gasteiger partial charge in [-0.25, -0.2) is 0 Å². The maximum Gasteiger partial charge on any atom is 0.0488 e. The van der Waals surface area contributed by atoms with Crippen molar-refractivity contribution in [2.24, 2.45) is 5.92 Å². The van der Waals surface area contributed by atoms with Gasteiger partial charge in [-0.15, -0.1) is 0 Å². The molecule has 0 radical (unpaired) electrons. The highest BCUT2D eigenvalue weighted by Crippen LogP contribution is 2.30. The van der Waals surface area contributed by atoms with E-state index in [1.54, 1.807) is 0 Å². The van der Waals surface area contributed by atoms with E-state index in [2.05, 4.69) is 78.2 Å². The molecule has 0 saturated carbocycles. The van der Waals surface area contributed by atoms with Crippen LogP contribution in [-0.4, -0.2) is 6.04 Å². The number of allylic oxidation sites excluding steroid dienone is 7. The standard InChI is InChI=1S/C20H19N/c1-2-8-17-14-18(13-12-15(17)6-1)21-20-11-5-9-16-7-3-4-10-19(16)20/h1-3,5-13,16,18,21H,4,14H2. The largest absolute Gasteiger partial charge is 0.378 e. The lowest BCUT2D eigenvalue weighted by Crippen LogP contribution is -2.32. The van der Waals surface area contributed by atoms with Crippen molar-refractivity contribution in [1.82, 2.24) is 5.32 Å². The van der Waals surface area contributed by atoms with Crippen molar-refractivity contribution in [2.75, 3.05) is 0 Å². The molecule has 0 aliphatic heterocycles. The molecular formula is C20H19N. The summed E-state index contributed by atoms with van der Waals surface area (Å²) >= 11 is 0. The van der Waals surface area contributed by atoms with Crippen molar-refractivity contribution in [2.45, 2.75) is 18.9 Å². The number of benzene rings is 1. The molecule has 0 fully saturated rings. The molecule has 1 aromatic carbocycles. The van der Waals surface area contributed by atoms with Crippen molar-refractivity contribution in [1.29, 1.82) is 0 Å². The molecule has 0 bridgehead atoms.